The lowest BCUT2D eigenvalue weighted by Crippen LogP contribution is -1.33. The summed E-state index contributed by atoms with van der Waals surface area (Å²) in [6.07, 6.45) is 9.58. The molecule has 0 aromatic heterocycles. The van der Waals surface area contributed by atoms with Gasteiger partial charge in [0.25, 0.3) is 0 Å². The maximum atomic E-state index is 8.00. The molecule has 0 saturated carbocycles. The molecule has 0 aliphatic carbocycles. The minimum atomic E-state index is 1.75. The van der Waals surface area contributed by atoms with Gasteiger partial charge in [-0.05, 0) is 20.8 Å². The molecule has 1 heteroatoms. The standard InChI is InChI=1S/C5H8.C4H8.CH2O/c1-3-5-4-2;1-3-4-2;1-2/h3-5H,1H2,2H3;3-4H,1-2H3;1H2/b5-4+;4-3+;. The molecule has 0 N–H and O–H groups in total. The second-order valence-electron chi connectivity index (χ2n) is 1.43. The van der Waals surface area contributed by atoms with Crippen LogP contribution in [0, 0.1) is 0 Å². The van der Waals surface area contributed by atoms with Crippen LogP contribution in [-0.4, -0.2) is 6.79 Å². The zero-order valence-electron chi connectivity index (χ0n) is 7.71. The van der Waals surface area contributed by atoms with Crippen LogP contribution in [0.1, 0.15) is 20.8 Å². The quantitative estimate of drug-likeness (QED) is 0.419. The maximum Gasteiger partial charge on any atom is 0.106 e. The second-order valence-corrected chi connectivity index (χ2v) is 1.43. The summed E-state index contributed by atoms with van der Waals surface area (Å²) in [4.78, 5) is 8.00. The molecule has 0 radical (unpaired) electrons. The molecule has 0 amide bonds. The predicted octanol–water partition coefficient (Wildman–Crippen LogP) is 3.15. The van der Waals surface area contributed by atoms with E-state index in [1.54, 1.807) is 6.08 Å². The molecule has 11 heavy (non-hydrogen) atoms. The molecular formula is C10H18O. The Morgan fingerprint density at radius 1 is 0.909 bits per heavy atom. The van der Waals surface area contributed by atoms with E-state index in [-0.39, 0.29) is 0 Å². The third-order valence-corrected chi connectivity index (χ3v) is 0.662. The van der Waals surface area contributed by atoms with Gasteiger partial charge in [-0.3, -0.25) is 0 Å². The Bertz CT molecular complexity index is 97.4. The molecule has 0 bridgehead atoms. The highest BCUT2D eigenvalue weighted by Crippen LogP contribution is 1.64. The third kappa shape index (κ3) is 118. The average molecular weight is 154 g/mol. The zero-order valence-corrected chi connectivity index (χ0v) is 7.71. The van der Waals surface area contributed by atoms with Gasteiger partial charge in [-0.25, -0.2) is 0 Å². The SMILES string of the molecule is C/C=C/C.C=C/C=C/C.C=O. The average Bonchev–Trinajstić information content (AvgIpc) is 2.10. The monoisotopic (exact) mass is 154 g/mol. The van der Waals surface area contributed by atoms with Crippen LogP contribution in [0.25, 0.3) is 0 Å². The van der Waals surface area contributed by atoms with Gasteiger partial charge in [-0.1, -0.05) is 37.0 Å². The molecule has 0 unspecified atom stereocenters. The van der Waals surface area contributed by atoms with Crippen LogP contribution >= 0.6 is 0 Å². The number of hydrogen-bond donors (Lipinski definition) is 0. The van der Waals surface area contributed by atoms with Crippen LogP contribution < -0.4 is 0 Å². The first-order valence-corrected chi connectivity index (χ1v) is 3.43. The van der Waals surface area contributed by atoms with Crippen LogP contribution in [0.2, 0.25) is 0 Å². The maximum absolute atomic E-state index is 8.00. The minimum absolute atomic E-state index is 1.75. The molecule has 0 spiro atoms. The molecule has 0 aliphatic rings. The molecule has 64 valence electrons. The molecule has 0 fully saturated rings. The van der Waals surface area contributed by atoms with Crippen molar-refractivity contribution in [3.05, 3.63) is 37.0 Å². The molecule has 0 saturated heterocycles. The van der Waals surface area contributed by atoms with E-state index in [1.165, 1.54) is 0 Å². The highest BCUT2D eigenvalue weighted by atomic mass is 16.1. The zero-order chi connectivity index (χ0) is 9.54. The highest BCUT2D eigenvalue weighted by molar-refractivity contribution is 5.10. The van der Waals surface area contributed by atoms with Crippen molar-refractivity contribution in [1.29, 1.82) is 0 Å². The van der Waals surface area contributed by atoms with Gasteiger partial charge in [-0.2, -0.15) is 0 Å². The van der Waals surface area contributed by atoms with Gasteiger partial charge < -0.3 is 4.79 Å². The molecule has 0 heterocycles. The molecule has 1 nitrogen and oxygen atoms in total. The Labute approximate surface area is 70.1 Å². The summed E-state index contributed by atoms with van der Waals surface area (Å²) in [6.45, 7) is 11.4. The summed E-state index contributed by atoms with van der Waals surface area (Å²) in [7, 11) is 0. The first kappa shape index (κ1) is 16.5. The van der Waals surface area contributed by atoms with Crippen molar-refractivity contribution in [2.75, 3.05) is 0 Å². The fourth-order valence-electron chi connectivity index (χ4n) is 0.136. The van der Waals surface area contributed by atoms with Gasteiger partial charge in [0, 0.05) is 0 Å². The summed E-state index contributed by atoms with van der Waals surface area (Å²) < 4.78 is 0. The number of allylic oxidation sites excluding steroid dienone is 5. The summed E-state index contributed by atoms with van der Waals surface area (Å²) in [5, 5.41) is 0. The third-order valence-electron chi connectivity index (χ3n) is 0.662. The van der Waals surface area contributed by atoms with Crippen molar-refractivity contribution in [1.82, 2.24) is 0 Å². The van der Waals surface area contributed by atoms with Crippen molar-refractivity contribution < 1.29 is 4.79 Å². The van der Waals surface area contributed by atoms with Crippen LogP contribution in [0.15, 0.2) is 37.0 Å². The van der Waals surface area contributed by atoms with Gasteiger partial charge in [0.15, 0.2) is 0 Å². The fourth-order valence-corrected chi connectivity index (χ4v) is 0.136. The number of hydrogen-bond acceptors (Lipinski definition) is 1. The lowest BCUT2D eigenvalue weighted by Gasteiger charge is -1.56. The Hall–Kier alpha value is -1.11. The minimum Gasteiger partial charge on any atom is -0.307 e. The first-order valence-electron chi connectivity index (χ1n) is 3.43. The van der Waals surface area contributed by atoms with Crippen molar-refractivity contribution >= 4 is 6.79 Å². The summed E-state index contributed by atoms with van der Waals surface area (Å²) in [5.41, 5.74) is 0. The van der Waals surface area contributed by atoms with Gasteiger partial charge in [-0.15, -0.1) is 0 Å². The largest absolute Gasteiger partial charge is 0.307 e. The number of carbonyl (C=O) groups is 1. The van der Waals surface area contributed by atoms with E-state index in [0.717, 1.165) is 0 Å². The normalized spacial score (nSPS) is 7.91. The van der Waals surface area contributed by atoms with Crippen LogP contribution in [0.3, 0.4) is 0 Å². The van der Waals surface area contributed by atoms with Crippen LogP contribution in [0.4, 0.5) is 0 Å². The van der Waals surface area contributed by atoms with Gasteiger partial charge in [0.2, 0.25) is 0 Å². The topological polar surface area (TPSA) is 17.1 Å². The van der Waals surface area contributed by atoms with Gasteiger partial charge in [0.05, 0.1) is 0 Å². The molecular weight excluding hydrogens is 136 g/mol. The smallest absolute Gasteiger partial charge is 0.106 e. The Morgan fingerprint density at radius 3 is 1.27 bits per heavy atom. The fraction of sp³-hybridized carbons (Fsp3) is 0.300. The Kier molecular flexibility index (Phi) is 54.7. The molecule has 0 atom stereocenters. The van der Waals surface area contributed by atoms with Crippen molar-refractivity contribution in [3.63, 3.8) is 0 Å². The van der Waals surface area contributed by atoms with Crippen molar-refractivity contribution in [2.45, 2.75) is 20.8 Å². The van der Waals surface area contributed by atoms with Gasteiger partial charge >= 0.3 is 0 Å². The van der Waals surface area contributed by atoms with E-state index in [9.17, 15) is 0 Å². The summed E-state index contributed by atoms with van der Waals surface area (Å²) in [6, 6.07) is 0. The first-order chi connectivity index (χ1) is 5.33. The molecule has 0 rings (SSSR count). The van der Waals surface area contributed by atoms with Crippen LogP contribution in [-0.2, 0) is 4.79 Å². The molecule has 0 aromatic carbocycles. The molecule has 0 aromatic rings. The summed E-state index contributed by atoms with van der Waals surface area (Å²) >= 11 is 0. The van der Waals surface area contributed by atoms with Crippen molar-refractivity contribution in [2.24, 2.45) is 0 Å². The van der Waals surface area contributed by atoms with Crippen molar-refractivity contribution in [3.8, 4) is 0 Å². The highest BCUT2D eigenvalue weighted by Gasteiger charge is 1.42. The lowest BCUT2D eigenvalue weighted by atomic mass is 10.5. The van der Waals surface area contributed by atoms with E-state index in [0.29, 0.717) is 0 Å². The number of rotatable bonds is 1. The Morgan fingerprint density at radius 2 is 1.27 bits per heavy atom. The van der Waals surface area contributed by atoms with E-state index in [2.05, 4.69) is 6.58 Å². The summed E-state index contributed by atoms with van der Waals surface area (Å²) in [5.74, 6) is 0. The van der Waals surface area contributed by atoms with Crippen LogP contribution in [0.5, 0.6) is 0 Å². The Balaban J connectivity index is -0.0000000965. The van der Waals surface area contributed by atoms with Gasteiger partial charge in [0.1, 0.15) is 6.79 Å². The molecule has 0 aliphatic heterocycles. The van der Waals surface area contributed by atoms with E-state index in [1.807, 2.05) is 51.9 Å². The number of carbonyl (C=O) groups excluding carboxylic acids is 1. The second kappa shape index (κ2) is 36.6. The van der Waals surface area contributed by atoms with E-state index < -0.39 is 0 Å². The predicted molar refractivity (Wildman–Crippen MR) is 52.6 cm³/mol. The van der Waals surface area contributed by atoms with E-state index >= 15 is 0 Å². The lowest BCUT2D eigenvalue weighted by molar-refractivity contribution is -0.0979. The van der Waals surface area contributed by atoms with E-state index in [4.69, 9.17) is 4.79 Å².